The number of hydrogen-bond donors (Lipinski definition) is 1. The molecule has 88 valence electrons. The van der Waals surface area contributed by atoms with Crippen LogP contribution in [0.5, 0.6) is 0 Å². The quantitative estimate of drug-likeness (QED) is 0.737. The van der Waals surface area contributed by atoms with Gasteiger partial charge in [-0.3, -0.25) is 4.79 Å². The normalized spacial score (nSPS) is 27.7. The van der Waals surface area contributed by atoms with Crippen molar-refractivity contribution in [2.45, 2.75) is 38.7 Å². The summed E-state index contributed by atoms with van der Waals surface area (Å²) in [6, 6.07) is 0. The second kappa shape index (κ2) is 5.71. The van der Waals surface area contributed by atoms with E-state index in [2.05, 4.69) is 12.2 Å². The number of nitrogens with one attached hydrogen (secondary N) is 1. The highest BCUT2D eigenvalue weighted by Crippen LogP contribution is 2.24. The van der Waals surface area contributed by atoms with Gasteiger partial charge in [0.05, 0.1) is 0 Å². The van der Waals surface area contributed by atoms with Crippen molar-refractivity contribution in [3.8, 4) is 0 Å². The van der Waals surface area contributed by atoms with Crippen LogP contribution in [0, 0.1) is 5.92 Å². The van der Waals surface area contributed by atoms with Gasteiger partial charge in [-0.1, -0.05) is 6.92 Å². The fraction of sp³-hybridized carbons (Fsp3) is 0.909. The molecule has 2 atom stereocenters. The average molecular weight is 234 g/mol. The third-order valence-electron chi connectivity index (χ3n) is 2.91. The molecule has 0 spiro atoms. The van der Waals surface area contributed by atoms with Crippen molar-refractivity contribution in [3.05, 3.63) is 0 Å². The maximum Gasteiger partial charge on any atom is 0.251 e. The first-order chi connectivity index (χ1) is 7.08. The standard InChI is InChI=1S/C11H20ClNO2/c1-9(4-6-12)8-13-10(14)11(2)5-3-7-15-11/h9H,3-8H2,1-2H3,(H,13,14). The first-order valence-electron chi connectivity index (χ1n) is 5.57. The van der Waals surface area contributed by atoms with Gasteiger partial charge in [-0.25, -0.2) is 0 Å². The zero-order chi connectivity index (χ0) is 11.3. The van der Waals surface area contributed by atoms with Gasteiger partial charge in [-0.05, 0) is 32.1 Å². The number of alkyl halides is 1. The highest BCUT2D eigenvalue weighted by molar-refractivity contribution is 6.17. The highest BCUT2D eigenvalue weighted by atomic mass is 35.5. The van der Waals surface area contributed by atoms with Crippen LogP contribution in [0.25, 0.3) is 0 Å². The molecule has 15 heavy (non-hydrogen) atoms. The Balaban J connectivity index is 2.29. The van der Waals surface area contributed by atoms with E-state index < -0.39 is 5.60 Å². The molecule has 0 aliphatic carbocycles. The van der Waals surface area contributed by atoms with Crippen LogP contribution < -0.4 is 5.32 Å². The minimum Gasteiger partial charge on any atom is -0.365 e. The Kier molecular flexibility index (Phi) is 4.87. The smallest absolute Gasteiger partial charge is 0.251 e. The van der Waals surface area contributed by atoms with Crippen molar-refractivity contribution in [3.63, 3.8) is 0 Å². The molecule has 0 aromatic heterocycles. The van der Waals surface area contributed by atoms with E-state index in [9.17, 15) is 4.79 Å². The molecule has 1 aliphatic rings. The zero-order valence-corrected chi connectivity index (χ0v) is 10.3. The van der Waals surface area contributed by atoms with Gasteiger partial charge in [0, 0.05) is 19.0 Å². The molecule has 1 rings (SSSR count). The third kappa shape index (κ3) is 3.65. The molecule has 0 aromatic rings. The van der Waals surface area contributed by atoms with Crippen molar-refractivity contribution in [2.24, 2.45) is 5.92 Å². The van der Waals surface area contributed by atoms with Crippen molar-refractivity contribution in [1.82, 2.24) is 5.32 Å². The summed E-state index contributed by atoms with van der Waals surface area (Å²) < 4.78 is 5.46. The maximum absolute atomic E-state index is 11.8. The van der Waals surface area contributed by atoms with Crippen LogP contribution in [0.4, 0.5) is 0 Å². The van der Waals surface area contributed by atoms with Crippen LogP contribution in [0.3, 0.4) is 0 Å². The first kappa shape index (κ1) is 12.8. The van der Waals surface area contributed by atoms with E-state index in [4.69, 9.17) is 16.3 Å². The lowest BCUT2D eigenvalue weighted by Crippen LogP contribution is -2.45. The van der Waals surface area contributed by atoms with E-state index >= 15 is 0 Å². The summed E-state index contributed by atoms with van der Waals surface area (Å²) in [4.78, 5) is 11.8. The van der Waals surface area contributed by atoms with Crippen molar-refractivity contribution in [1.29, 1.82) is 0 Å². The Morgan fingerprint density at radius 3 is 2.93 bits per heavy atom. The number of carbonyl (C=O) groups excluding carboxylic acids is 1. The van der Waals surface area contributed by atoms with Crippen LogP contribution in [-0.2, 0) is 9.53 Å². The molecule has 0 saturated carbocycles. The predicted octanol–water partition coefficient (Wildman–Crippen LogP) is 1.94. The lowest BCUT2D eigenvalue weighted by atomic mass is 10.0. The Morgan fingerprint density at radius 2 is 2.40 bits per heavy atom. The molecule has 3 nitrogen and oxygen atoms in total. The van der Waals surface area contributed by atoms with E-state index in [1.165, 1.54) is 0 Å². The molecular weight excluding hydrogens is 214 g/mol. The molecule has 1 saturated heterocycles. The zero-order valence-electron chi connectivity index (χ0n) is 9.51. The molecule has 1 aliphatic heterocycles. The fourth-order valence-electron chi connectivity index (χ4n) is 1.70. The van der Waals surface area contributed by atoms with Crippen molar-refractivity contribution < 1.29 is 9.53 Å². The number of hydrogen-bond acceptors (Lipinski definition) is 2. The number of ether oxygens (including phenoxy) is 1. The van der Waals surface area contributed by atoms with Gasteiger partial charge in [0.25, 0.3) is 5.91 Å². The van der Waals surface area contributed by atoms with E-state index in [-0.39, 0.29) is 5.91 Å². The second-order valence-electron chi connectivity index (χ2n) is 4.48. The Bertz CT molecular complexity index is 215. The monoisotopic (exact) mass is 233 g/mol. The predicted molar refractivity (Wildman–Crippen MR) is 61.1 cm³/mol. The third-order valence-corrected chi connectivity index (χ3v) is 3.13. The summed E-state index contributed by atoms with van der Waals surface area (Å²) in [5.41, 5.74) is -0.597. The fourth-order valence-corrected chi connectivity index (χ4v) is 2.07. The SMILES string of the molecule is CC(CCCl)CNC(=O)C1(C)CCCO1. The molecule has 2 unspecified atom stereocenters. The molecule has 1 heterocycles. The van der Waals surface area contributed by atoms with Crippen LogP contribution in [0.1, 0.15) is 33.1 Å². The first-order valence-corrected chi connectivity index (χ1v) is 6.10. The lowest BCUT2D eigenvalue weighted by molar-refractivity contribution is -0.139. The van der Waals surface area contributed by atoms with Gasteiger partial charge < -0.3 is 10.1 Å². The molecule has 0 bridgehead atoms. The summed E-state index contributed by atoms with van der Waals surface area (Å²) >= 11 is 5.63. The van der Waals surface area contributed by atoms with E-state index in [1.54, 1.807) is 0 Å². The van der Waals surface area contributed by atoms with Gasteiger partial charge >= 0.3 is 0 Å². The van der Waals surface area contributed by atoms with Gasteiger partial charge in [-0.2, -0.15) is 0 Å². The summed E-state index contributed by atoms with van der Waals surface area (Å²) in [6.45, 7) is 5.33. The van der Waals surface area contributed by atoms with Crippen molar-refractivity contribution >= 4 is 17.5 Å². The minimum atomic E-state index is -0.597. The molecule has 1 N–H and O–H groups in total. The summed E-state index contributed by atoms with van der Waals surface area (Å²) in [6.07, 6.45) is 2.73. The lowest BCUT2D eigenvalue weighted by Gasteiger charge is -2.23. The average Bonchev–Trinajstić information content (AvgIpc) is 2.63. The number of halogens is 1. The van der Waals surface area contributed by atoms with Gasteiger partial charge in [0.1, 0.15) is 5.60 Å². The maximum atomic E-state index is 11.8. The van der Waals surface area contributed by atoms with Crippen molar-refractivity contribution in [2.75, 3.05) is 19.0 Å². The number of rotatable bonds is 5. The Labute approximate surface area is 96.5 Å². The molecule has 4 heteroatoms. The number of amides is 1. The molecule has 0 aromatic carbocycles. The van der Waals surface area contributed by atoms with Crippen LogP contribution >= 0.6 is 11.6 Å². The minimum absolute atomic E-state index is 0.0152. The summed E-state index contributed by atoms with van der Waals surface area (Å²) in [7, 11) is 0. The van der Waals surface area contributed by atoms with Gasteiger partial charge in [-0.15, -0.1) is 11.6 Å². The summed E-state index contributed by atoms with van der Waals surface area (Å²) in [5.74, 6) is 1.09. The van der Waals surface area contributed by atoms with Gasteiger partial charge in [0.2, 0.25) is 0 Å². The highest BCUT2D eigenvalue weighted by Gasteiger charge is 2.37. The molecule has 1 amide bonds. The van der Waals surface area contributed by atoms with E-state index in [0.717, 1.165) is 19.3 Å². The topological polar surface area (TPSA) is 38.3 Å². The van der Waals surface area contributed by atoms with E-state index in [0.29, 0.717) is 24.9 Å². The van der Waals surface area contributed by atoms with Crippen LogP contribution in [0.2, 0.25) is 0 Å². The van der Waals surface area contributed by atoms with Crippen LogP contribution in [-0.4, -0.2) is 30.5 Å². The molecule has 1 fully saturated rings. The largest absolute Gasteiger partial charge is 0.365 e. The molecular formula is C11H20ClNO2. The number of carbonyl (C=O) groups is 1. The van der Waals surface area contributed by atoms with E-state index in [1.807, 2.05) is 6.92 Å². The molecule has 0 radical (unpaired) electrons. The Hall–Kier alpha value is -0.280. The van der Waals surface area contributed by atoms with Crippen LogP contribution in [0.15, 0.2) is 0 Å². The second-order valence-corrected chi connectivity index (χ2v) is 4.85. The Morgan fingerprint density at radius 1 is 1.67 bits per heavy atom. The van der Waals surface area contributed by atoms with Gasteiger partial charge in [0.15, 0.2) is 0 Å². The summed E-state index contributed by atoms with van der Waals surface area (Å²) in [5, 5.41) is 2.93.